The fraction of sp³-hybridized carbons (Fsp3) is 0.500. The average Bonchev–Trinajstić information content (AvgIpc) is 3.29. The van der Waals surface area contributed by atoms with Crippen molar-refractivity contribution in [3.63, 3.8) is 0 Å². The number of aromatic nitrogens is 1. The highest BCUT2D eigenvalue weighted by atomic mass is 16.5. The van der Waals surface area contributed by atoms with Crippen LogP contribution in [0.1, 0.15) is 29.9 Å². The van der Waals surface area contributed by atoms with E-state index in [0.717, 1.165) is 55.5 Å². The van der Waals surface area contributed by atoms with Crippen LogP contribution in [0.5, 0.6) is 5.75 Å². The van der Waals surface area contributed by atoms with Crippen LogP contribution in [0.2, 0.25) is 0 Å². The fourth-order valence-electron chi connectivity index (χ4n) is 4.30. The molecule has 6 heteroatoms. The summed E-state index contributed by atoms with van der Waals surface area (Å²) in [5, 5.41) is 4.05. The fourth-order valence-corrected chi connectivity index (χ4v) is 4.30. The first-order valence-electron chi connectivity index (χ1n) is 9.08. The molecule has 2 aliphatic heterocycles. The summed E-state index contributed by atoms with van der Waals surface area (Å²) in [6, 6.07) is 7.76. The molecule has 2 saturated heterocycles. The molecule has 4 rings (SSSR count). The highest BCUT2D eigenvalue weighted by Gasteiger charge is 2.47. The summed E-state index contributed by atoms with van der Waals surface area (Å²) in [6.07, 6.45) is 1.66. The van der Waals surface area contributed by atoms with E-state index in [1.165, 1.54) is 5.56 Å². The van der Waals surface area contributed by atoms with Gasteiger partial charge in [-0.25, -0.2) is 0 Å². The van der Waals surface area contributed by atoms with E-state index in [0.29, 0.717) is 6.42 Å². The van der Waals surface area contributed by atoms with Crippen LogP contribution in [-0.2, 0) is 11.3 Å². The van der Waals surface area contributed by atoms with E-state index in [4.69, 9.17) is 9.26 Å². The second-order valence-electron chi connectivity index (χ2n) is 7.62. The van der Waals surface area contributed by atoms with E-state index in [-0.39, 0.29) is 11.3 Å². The Morgan fingerprint density at radius 2 is 2.15 bits per heavy atom. The van der Waals surface area contributed by atoms with E-state index < -0.39 is 0 Å². The SMILES string of the molecule is COc1cccc(N2C[C@]3(CCN(Cc4c(C)noc4C)C3)CC2=O)c1. The van der Waals surface area contributed by atoms with E-state index >= 15 is 0 Å². The first kappa shape index (κ1) is 17.1. The van der Waals surface area contributed by atoms with Gasteiger partial charge in [0.15, 0.2) is 0 Å². The normalized spacial score (nSPS) is 23.3. The molecule has 1 spiro atoms. The smallest absolute Gasteiger partial charge is 0.227 e. The molecule has 2 fully saturated rings. The number of hydrogen-bond donors (Lipinski definition) is 0. The third kappa shape index (κ3) is 2.98. The molecule has 3 heterocycles. The zero-order valence-electron chi connectivity index (χ0n) is 15.6. The van der Waals surface area contributed by atoms with Crippen LogP contribution in [0, 0.1) is 19.3 Å². The molecule has 2 aromatic rings. The number of methoxy groups -OCH3 is 1. The Morgan fingerprint density at radius 1 is 1.31 bits per heavy atom. The molecule has 1 aromatic carbocycles. The van der Waals surface area contributed by atoms with E-state index in [1.807, 2.05) is 43.0 Å². The van der Waals surface area contributed by atoms with Gasteiger partial charge in [0.2, 0.25) is 5.91 Å². The number of carbonyl (C=O) groups excluding carboxylic acids is 1. The summed E-state index contributed by atoms with van der Waals surface area (Å²) < 4.78 is 10.6. The van der Waals surface area contributed by atoms with Crippen LogP contribution in [0.3, 0.4) is 0 Å². The minimum absolute atomic E-state index is 0.0408. The molecule has 0 aliphatic carbocycles. The van der Waals surface area contributed by atoms with E-state index in [1.54, 1.807) is 7.11 Å². The van der Waals surface area contributed by atoms with Gasteiger partial charge in [0, 0.05) is 48.8 Å². The Bertz CT molecular complexity index is 812. The lowest BCUT2D eigenvalue weighted by Crippen LogP contribution is -2.31. The highest BCUT2D eigenvalue weighted by molar-refractivity contribution is 5.96. The maximum atomic E-state index is 12.7. The van der Waals surface area contributed by atoms with Crippen molar-refractivity contribution in [2.75, 3.05) is 31.6 Å². The van der Waals surface area contributed by atoms with Gasteiger partial charge in [-0.3, -0.25) is 9.69 Å². The van der Waals surface area contributed by atoms with Crippen molar-refractivity contribution in [2.45, 2.75) is 33.2 Å². The molecule has 0 unspecified atom stereocenters. The Hall–Kier alpha value is -2.34. The lowest BCUT2D eigenvalue weighted by Gasteiger charge is -2.24. The molecule has 6 nitrogen and oxygen atoms in total. The first-order chi connectivity index (χ1) is 12.5. The quantitative estimate of drug-likeness (QED) is 0.844. The Kier molecular flexibility index (Phi) is 4.23. The third-order valence-corrected chi connectivity index (χ3v) is 5.77. The molecule has 0 N–H and O–H groups in total. The number of aryl methyl sites for hydroxylation is 2. The van der Waals surface area contributed by atoms with Crippen molar-refractivity contribution >= 4 is 11.6 Å². The van der Waals surface area contributed by atoms with Gasteiger partial charge >= 0.3 is 0 Å². The summed E-state index contributed by atoms with van der Waals surface area (Å²) >= 11 is 0. The van der Waals surface area contributed by atoms with Crippen molar-refractivity contribution in [2.24, 2.45) is 5.41 Å². The second-order valence-corrected chi connectivity index (χ2v) is 7.62. The van der Waals surface area contributed by atoms with Crippen LogP contribution in [0.4, 0.5) is 5.69 Å². The zero-order valence-corrected chi connectivity index (χ0v) is 15.6. The molecular weight excluding hydrogens is 330 g/mol. The molecule has 2 aliphatic rings. The number of rotatable bonds is 4. The number of amides is 1. The molecule has 1 atom stereocenters. The largest absolute Gasteiger partial charge is 0.497 e. The van der Waals surface area contributed by atoms with Crippen molar-refractivity contribution in [1.82, 2.24) is 10.1 Å². The minimum Gasteiger partial charge on any atom is -0.497 e. The lowest BCUT2D eigenvalue weighted by atomic mass is 9.86. The van der Waals surface area contributed by atoms with Crippen molar-refractivity contribution in [3.05, 3.63) is 41.3 Å². The Labute approximate surface area is 153 Å². The average molecular weight is 355 g/mol. The maximum Gasteiger partial charge on any atom is 0.227 e. The lowest BCUT2D eigenvalue weighted by molar-refractivity contribution is -0.117. The van der Waals surface area contributed by atoms with Crippen LogP contribution in [0.25, 0.3) is 0 Å². The number of hydrogen-bond acceptors (Lipinski definition) is 5. The summed E-state index contributed by atoms with van der Waals surface area (Å²) in [7, 11) is 1.65. The van der Waals surface area contributed by atoms with Crippen LogP contribution in [-0.4, -0.2) is 42.7 Å². The number of anilines is 1. The maximum absolute atomic E-state index is 12.7. The van der Waals surface area contributed by atoms with E-state index in [9.17, 15) is 4.79 Å². The van der Waals surface area contributed by atoms with Gasteiger partial charge in [0.1, 0.15) is 11.5 Å². The third-order valence-electron chi connectivity index (χ3n) is 5.77. The van der Waals surface area contributed by atoms with Gasteiger partial charge in [-0.05, 0) is 38.9 Å². The van der Waals surface area contributed by atoms with Crippen molar-refractivity contribution in [1.29, 1.82) is 0 Å². The molecule has 26 heavy (non-hydrogen) atoms. The monoisotopic (exact) mass is 355 g/mol. The van der Waals surface area contributed by atoms with Crippen LogP contribution >= 0.6 is 0 Å². The van der Waals surface area contributed by atoms with E-state index in [2.05, 4.69) is 10.1 Å². The summed E-state index contributed by atoms with van der Waals surface area (Å²) in [6.45, 7) is 7.51. The molecule has 0 saturated carbocycles. The predicted molar refractivity (Wildman–Crippen MR) is 98.3 cm³/mol. The molecule has 1 amide bonds. The molecule has 0 bridgehead atoms. The Morgan fingerprint density at radius 3 is 2.88 bits per heavy atom. The standard InChI is InChI=1S/C20H25N3O3/c1-14-18(15(2)26-21-14)11-22-8-7-20(12-22)10-19(24)23(13-20)16-5-4-6-17(9-16)25-3/h4-6,9H,7-8,10-13H2,1-3H3/t20-/m1/s1. The number of ether oxygens (including phenoxy) is 1. The molecule has 138 valence electrons. The van der Waals surface area contributed by atoms with Gasteiger partial charge in [-0.15, -0.1) is 0 Å². The van der Waals surface area contributed by atoms with Gasteiger partial charge in [-0.1, -0.05) is 11.2 Å². The first-order valence-corrected chi connectivity index (χ1v) is 9.08. The molecular formula is C20H25N3O3. The Balaban J connectivity index is 1.48. The number of nitrogens with zero attached hydrogens (tertiary/aromatic N) is 3. The number of carbonyl (C=O) groups is 1. The van der Waals surface area contributed by atoms with Gasteiger partial charge in [-0.2, -0.15) is 0 Å². The predicted octanol–water partition coefficient (Wildman–Crippen LogP) is 2.93. The zero-order chi connectivity index (χ0) is 18.3. The number of benzene rings is 1. The molecule has 1 aromatic heterocycles. The highest BCUT2D eigenvalue weighted by Crippen LogP contribution is 2.42. The van der Waals surface area contributed by atoms with Crippen molar-refractivity contribution in [3.8, 4) is 5.75 Å². The van der Waals surface area contributed by atoms with Gasteiger partial charge in [0.05, 0.1) is 12.8 Å². The number of likely N-dealkylation sites (tertiary alicyclic amines) is 1. The van der Waals surface area contributed by atoms with Crippen molar-refractivity contribution < 1.29 is 14.1 Å². The van der Waals surface area contributed by atoms with Crippen LogP contribution < -0.4 is 9.64 Å². The summed E-state index contributed by atoms with van der Waals surface area (Å²) in [5.74, 6) is 1.88. The second kappa shape index (κ2) is 6.43. The summed E-state index contributed by atoms with van der Waals surface area (Å²) in [5.41, 5.74) is 3.11. The minimum atomic E-state index is 0.0408. The van der Waals surface area contributed by atoms with Gasteiger partial charge in [0.25, 0.3) is 0 Å². The topological polar surface area (TPSA) is 58.8 Å². The summed E-state index contributed by atoms with van der Waals surface area (Å²) in [4.78, 5) is 17.1. The molecule has 0 radical (unpaired) electrons. The van der Waals surface area contributed by atoms with Gasteiger partial charge < -0.3 is 14.2 Å². The van der Waals surface area contributed by atoms with Crippen LogP contribution in [0.15, 0.2) is 28.8 Å².